The molecule has 0 radical (unpaired) electrons. The van der Waals surface area contributed by atoms with E-state index in [1.165, 1.54) is 17.5 Å². The highest BCUT2D eigenvalue weighted by Gasteiger charge is 2.39. The van der Waals surface area contributed by atoms with Gasteiger partial charge in [-0.2, -0.15) is 0 Å². The third-order valence-corrected chi connectivity index (χ3v) is 4.93. The first-order valence-corrected chi connectivity index (χ1v) is 8.20. The highest BCUT2D eigenvalue weighted by molar-refractivity contribution is 6.42. The first-order valence-electron chi connectivity index (χ1n) is 7.45. The molecule has 0 spiro atoms. The van der Waals surface area contributed by atoms with Gasteiger partial charge in [0, 0.05) is 18.0 Å². The summed E-state index contributed by atoms with van der Waals surface area (Å²) in [5.41, 5.74) is 2.64. The lowest BCUT2D eigenvalue weighted by atomic mass is 10.0. The molecule has 0 amide bonds. The molecule has 1 aliphatic rings. The van der Waals surface area contributed by atoms with Crippen molar-refractivity contribution in [3.8, 4) is 0 Å². The number of hydrogen-bond donors (Lipinski definition) is 1. The predicted molar refractivity (Wildman–Crippen MR) is 90.2 cm³/mol. The van der Waals surface area contributed by atoms with Crippen molar-refractivity contribution in [1.29, 1.82) is 0 Å². The van der Waals surface area contributed by atoms with Crippen LogP contribution in [-0.2, 0) is 0 Å². The van der Waals surface area contributed by atoms with Gasteiger partial charge in [0.15, 0.2) is 0 Å². The van der Waals surface area contributed by atoms with Crippen molar-refractivity contribution < 1.29 is 0 Å². The van der Waals surface area contributed by atoms with E-state index >= 15 is 0 Å². The summed E-state index contributed by atoms with van der Waals surface area (Å²) in [7, 11) is 0. The van der Waals surface area contributed by atoms with E-state index in [9.17, 15) is 0 Å². The van der Waals surface area contributed by atoms with E-state index in [-0.39, 0.29) is 0 Å². The monoisotopic (exact) mass is 319 g/mol. The maximum atomic E-state index is 6.13. The lowest BCUT2D eigenvalue weighted by molar-refractivity contribution is 0.510. The van der Waals surface area contributed by atoms with Crippen molar-refractivity contribution in [3.63, 3.8) is 0 Å². The van der Waals surface area contributed by atoms with Gasteiger partial charge in [0.1, 0.15) is 0 Å². The average Bonchev–Trinajstić information content (AvgIpc) is 3.28. The Labute approximate surface area is 136 Å². The molecule has 110 valence electrons. The third kappa shape index (κ3) is 3.42. The van der Waals surface area contributed by atoms with E-state index in [1.54, 1.807) is 0 Å². The topological polar surface area (TPSA) is 12.0 Å². The van der Waals surface area contributed by atoms with Crippen molar-refractivity contribution in [3.05, 3.63) is 69.7 Å². The van der Waals surface area contributed by atoms with Gasteiger partial charge in [0.25, 0.3) is 0 Å². The number of benzene rings is 2. The Morgan fingerprint density at radius 2 is 1.86 bits per heavy atom. The van der Waals surface area contributed by atoms with E-state index in [1.807, 2.05) is 12.1 Å². The lowest BCUT2D eigenvalue weighted by Crippen LogP contribution is -2.24. The van der Waals surface area contributed by atoms with E-state index in [0.29, 0.717) is 28.0 Å². The molecule has 0 aromatic heterocycles. The van der Waals surface area contributed by atoms with Gasteiger partial charge >= 0.3 is 0 Å². The normalized spacial score (nSPS) is 22.0. The van der Waals surface area contributed by atoms with Gasteiger partial charge < -0.3 is 5.32 Å². The van der Waals surface area contributed by atoms with Crippen LogP contribution < -0.4 is 5.32 Å². The van der Waals surface area contributed by atoms with Gasteiger partial charge in [0.05, 0.1) is 10.0 Å². The molecule has 0 heterocycles. The van der Waals surface area contributed by atoms with Crippen LogP contribution in [-0.4, -0.2) is 6.04 Å². The van der Waals surface area contributed by atoms with Crippen LogP contribution in [0, 0.1) is 0 Å². The minimum atomic E-state index is 0.332. The summed E-state index contributed by atoms with van der Waals surface area (Å²) in [5.74, 6) is 0.642. The van der Waals surface area contributed by atoms with Crippen LogP contribution in [0.4, 0.5) is 0 Å². The number of halogens is 2. The van der Waals surface area contributed by atoms with Gasteiger partial charge in [-0.1, -0.05) is 66.5 Å². The fourth-order valence-corrected chi connectivity index (χ4v) is 3.19. The van der Waals surface area contributed by atoms with Crippen molar-refractivity contribution in [2.24, 2.45) is 0 Å². The first-order chi connectivity index (χ1) is 10.2. The molecule has 1 saturated carbocycles. The molecule has 0 aliphatic heterocycles. The minimum absolute atomic E-state index is 0.332. The second-order valence-corrected chi connectivity index (χ2v) is 6.47. The summed E-state index contributed by atoms with van der Waals surface area (Å²) >= 11 is 12.1. The van der Waals surface area contributed by atoms with E-state index in [4.69, 9.17) is 23.2 Å². The van der Waals surface area contributed by atoms with Crippen molar-refractivity contribution >= 4 is 23.2 Å². The molecule has 1 N–H and O–H groups in total. The molecule has 1 fully saturated rings. The SMILES string of the molecule is CCC(NC1CC1c1ccccc1)c1ccc(Cl)c(Cl)c1. The maximum absolute atomic E-state index is 6.13. The summed E-state index contributed by atoms with van der Waals surface area (Å²) in [6.07, 6.45) is 2.25. The van der Waals surface area contributed by atoms with Crippen LogP contribution in [0.15, 0.2) is 48.5 Å². The van der Waals surface area contributed by atoms with Crippen LogP contribution in [0.5, 0.6) is 0 Å². The summed E-state index contributed by atoms with van der Waals surface area (Å²) in [6.45, 7) is 2.19. The zero-order chi connectivity index (χ0) is 14.8. The molecule has 3 rings (SSSR count). The second kappa shape index (κ2) is 6.39. The van der Waals surface area contributed by atoms with E-state index < -0.39 is 0 Å². The van der Waals surface area contributed by atoms with Crippen LogP contribution in [0.1, 0.15) is 42.9 Å². The highest BCUT2D eigenvalue weighted by Crippen LogP contribution is 2.42. The van der Waals surface area contributed by atoms with Gasteiger partial charge in [-0.15, -0.1) is 0 Å². The summed E-state index contributed by atoms with van der Waals surface area (Å²) < 4.78 is 0. The van der Waals surface area contributed by atoms with Gasteiger partial charge in [-0.05, 0) is 36.1 Å². The molecule has 1 aliphatic carbocycles. The molecule has 2 aromatic rings. The first kappa shape index (κ1) is 14.9. The fourth-order valence-electron chi connectivity index (χ4n) is 2.89. The molecule has 1 nitrogen and oxygen atoms in total. The molecular weight excluding hydrogens is 301 g/mol. The van der Waals surface area contributed by atoms with Crippen LogP contribution in [0.3, 0.4) is 0 Å². The smallest absolute Gasteiger partial charge is 0.0595 e. The molecule has 0 bridgehead atoms. The second-order valence-electron chi connectivity index (χ2n) is 5.66. The summed E-state index contributed by atoms with van der Waals surface area (Å²) in [6, 6.07) is 17.5. The Kier molecular flexibility index (Phi) is 4.54. The summed E-state index contributed by atoms with van der Waals surface area (Å²) in [4.78, 5) is 0. The van der Waals surface area contributed by atoms with Crippen LogP contribution >= 0.6 is 23.2 Å². The Morgan fingerprint density at radius 3 is 2.52 bits per heavy atom. The standard InChI is InChI=1S/C18H19Cl2N/c1-2-17(13-8-9-15(19)16(20)10-13)21-18-11-14(18)12-6-4-3-5-7-12/h3-10,14,17-18,21H,2,11H2,1H3. The number of rotatable bonds is 5. The Bertz CT molecular complexity index is 612. The predicted octanol–water partition coefficient (Wildman–Crippen LogP) is 5.59. The largest absolute Gasteiger partial charge is 0.307 e. The fraction of sp³-hybridized carbons (Fsp3) is 0.333. The van der Waals surface area contributed by atoms with Crippen molar-refractivity contribution in [1.82, 2.24) is 5.32 Å². The zero-order valence-corrected chi connectivity index (χ0v) is 13.5. The molecular formula is C18H19Cl2N. The number of nitrogens with one attached hydrogen (secondary N) is 1. The van der Waals surface area contributed by atoms with E-state index in [0.717, 1.165) is 6.42 Å². The number of hydrogen-bond acceptors (Lipinski definition) is 1. The molecule has 3 heteroatoms. The Hall–Kier alpha value is -1.02. The van der Waals surface area contributed by atoms with E-state index in [2.05, 4.69) is 48.6 Å². The Morgan fingerprint density at radius 1 is 1.10 bits per heavy atom. The van der Waals surface area contributed by atoms with Crippen LogP contribution in [0.25, 0.3) is 0 Å². The van der Waals surface area contributed by atoms with Gasteiger partial charge in [-0.25, -0.2) is 0 Å². The third-order valence-electron chi connectivity index (χ3n) is 4.19. The maximum Gasteiger partial charge on any atom is 0.0595 e. The molecule has 21 heavy (non-hydrogen) atoms. The molecule has 3 unspecified atom stereocenters. The minimum Gasteiger partial charge on any atom is -0.307 e. The quantitative estimate of drug-likeness (QED) is 0.757. The van der Waals surface area contributed by atoms with Crippen LogP contribution in [0.2, 0.25) is 10.0 Å². The van der Waals surface area contributed by atoms with Gasteiger partial charge in [0.2, 0.25) is 0 Å². The highest BCUT2D eigenvalue weighted by atomic mass is 35.5. The summed E-state index contributed by atoms with van der Waals surface area (Å²) in [5, 5.41) is 4.99. The average molecular weight is 320 g/mol. The lowest BCUT2D eigenvalue weighted by Gasteiger charge is -2.18. The van der Waals surface area contributed by atoms with Gasteiger partial charge in [-0.3, -0.25) is 0 Å². The Balaban J connectivity index is 1.67. The zero-order valence-electron chi connectivity index (χ0n) is 12.0. The molecule has 0 saturated heterocycles. The van der Waals surface area contributed by atoms with Crippen molar-refractivity contribution in [2.45, 2.75) is 37.8 Å². The van der Waals surface area contributed by atoms with Crippen molar-refractivity contribution in [2.75, 3.05) is 0 Å². The molecule has 2 aromatic carbocycles. The molecule has 3 atom stereocenters.